The molecular formula is C22H18ClF2NS. The van der Waals surface area contributed by atoms with E-state index >= 15 is 0 Å². The molecule has 0 aromatic heterocycles. The van der Waals surface area contributed by atoms with E-state index < -0.39 is 5.82 Å². The Bertz CT molecular complexity index is 965. The van der Waals surface area contributed by atoms with E-state index in [0.29, 0.717) is 16.7 Å². The number of halogens is 3. The maximum atomic E-state index is 14.9. The summed E-state index contributed by atoms with van der Waals surface area (Å²) in [5.74, 6) is -0.846. The van der Waals surface area contributed by atoms with Crippen LogP contribution in [0, 0.1) is 11.6 Å². The first-order valence-electron chi connectivity index (χ1n) is 8.79. The number of thiocarbonyl (C=S) groups is 1. The van der Waals surface area contributed by atoms with Crippen LogP contribution in [-0.4, -0.2) is 5.16 Å². The molecular weight excluding hydrogens is 384 g/mol. The predicted molar refractivity (Wildman–Crippen MR) is 113 cm³/mol. The Morgan fingerprint density at radius 2 is 2.07 bits per heavy atom. The highest BCUT2D eigenvalue weighted by Crippen LogP contribution is 2.33. The van der Waals surface area contributed by atoms with Crippen LogP contribution in [-0.2, 0) is 6.42 Å². The number of unbranched alkanes of at least 4 members (excludes halogenated alkanes) is 1. The van der Waals surface area contributed by atoms with Crippen molar-refractivity contribution in [1.82, 2.24) is 0 Å². The zero-order valence-corrected chi connectivity index (χ0v) is 16.4. The fourth-order valence-electron chi connectivity index (χ4n) is 3.17. The smallest absolute Gasteiger partial charge is 0.151 e. The highest BCUT2D eigenvalue weighted by molar-refractivity contribution is 7.78. The number of hydrogen-bond donors (Lipinski definition) is 0. The van der Waals surface area contributed by atoms with E-state index in [0.717, 1.165) is 31.2 Å². The molecule has 0 saturated carbocycles. The Hall–Kier alpha value is -2.13. The molecule has 0 bridgehead atoms. The molecule has 0 heterocycles. The van der Waals surface area contributed by atoms with Crippen LogP contribution in [0.2, 0.25) is 5.02 Å². The zero-order valence-electron chi connectivity index (χ0n) is 14.9. The molecule has 0 amide bonds. The molecule has 27 heavy (non-hydrogen) atoms. The fraction of sp³-hybridized carbons (Fsp3) is 0.227. The van der Waals surface area contributed by atoms with Crippen molar-refractivity contribution < 1.29 is 8.78 Å². The highest BCUT2D eigenvalue weighted by atomic mass is 35.5. The number of nitrogens with zero attached hydrogens (tertiary/aromatic N) is 1. The molecule has 0 fully saturated rings. The third-order valence-corrected chi connectivity index (χ3v) is 4.95. The van der Waals surface area contributed by atoms with Gasteiger partial charge in [0, 0.05) is 11.1 Å². The molecule has 2 aromatic carbocycles. The van der Waals surface area contributed by atoms with Crippen LogP contribution >= 0.6 is 23.8 Å². The van der Waals surface area contributed by atoms with Crippen molar-refractivity contribution in [2.24, 2.45) is 4.99 Å². The topological polar surface area (TPSA) is 12.4 Å². The van der Waals surface area contributed by atoms with Gasteiger partial charge < -0.3 is 0 Å². The van der Waals surface area contributed by atoms with Gasteiger partial charge in [-0.1, -0.05) is 60.9 Å². The monoisotopic (exact) mass is 401 g/mol. The van der Waals surface area contributed by atoms with E-state index in [2.05, 4.69) is 29.3 Å². The number of benzene rings is 2. The largest absolute Gasteiger partial charge is 0.206 e. The summed E-state index contributed by atoms with van der Waals surface area (Å²) >= 11 is 10.5. The molecule has 0 N–H and O–H groups in total. The van der Waals surface area contributed by atoms with E-state index in [1.165, 1.54) is 11.6 Å². The molecule has 138 valence electrons. The van der Waals surface area contributed by atoms with Gasteiger partial charge in [0.05, 0.1) is 10.2 Å². The first kappa shape index (κ1) is 19.6. The molecule has 0 atom stereocenters. The summed E-state index contributed by atoms with van der Waals surface area (Å²) in [5.41, 5.74) is 3.89. The molecule has 3 rings (SSSR count). The molecule has 0 aliphatic heterocycles. The summed E-state index contributed by atoms with van der Waals surface area (Å²) in [6, 6.07) is 6.55. The number of allylic oxidation sites excluding steroid dienone is 1. The van der Waals surface area contributed by atoms with Crippen LogP contribution < -0.4 is 0 Å². The van der Waals surface area contributed by atoms with E-state index in [1.54, 1.807) is 24.3 Å². The van der Waals surface area contributed by atoms with Crippen LogP contribution in [0.4, 0.5) is 14.5 Å². The standard InChI is InChI=1S/C22H18ClF2NS/c1-2-3-4-14-9-17-8-7-16(21(25)18(17)10-14)6-5-15-11-19(23)22(26-13-27)20(24)12-15/h5-8,10-12H,2-4,9H2,1H3/b6-5+. The van der Waals surface area contributed by atoms with Gasteiger partial charge in [0.1, 0.15) is 11.5 Å². The van der Waals surface area contributed by atoms with Crippen LogP contribution in [0.5, 0.6) is 0 Å². The summed E-state index contributed by atoms with van der Waals surface area (Å²) in [6.45, 7) is 2.15. The Morgan fingerprint density at radius 1 is 1.26 bits per heavy atom. The summed E-state index contributed by atoms with van der Waals surface area (Å²) in [5, 5.41) is 2.23. The lowest BCUT2D eigenvalue weighted by molar-refractivity contribution is 0.621. The molecule has 1 nitrogen and oxygen atoms in total. The summed E-state index contributed by atoms with van der Waals surface area (Å²) in [7, 11) is 0. The van der Waals surface area contributed by atoms with Gasteiger partial charge in [-0.15, -0.1) is 0 Å². The van der Waals surface area contributed by atoms with Gasteiger partial charge >= 0.3 is 0 Å². The summed E-state index contributed by atoms with van der Waals surface area (Å²) < 4.78 is 28.9. The van der Waals surface area contributed by atoms with E-state index in [9.17, 15) is 8.78 Å². The van der Waals surface area contributed by atoms with Gasteiger partial charge in [0.15, 0.2) is 5.82 Å². The van der Waals surface area contributed by atoms with E-state index in [4.69, 9.17) is 11.6 Å². The van der Waals surface area contributed by atoms with E-state index in [1.807, 2.05) is 12.1 Å². The molecule has 0 saturated heterocycles. The summed E-state index contributed by atoms with van der Waals surface area (Å²) in [4.78, 5) is 3.61. The lowest BCUT2D eigenvalue weighted by Gasteiger charge is -2.05. The van der Waals surface area contributed by atoms with Crippen molar-refractivity contribution >= 4 is 52.9 Å². The number of isothiocyanates is 1. The second-order valence-corrected chi connectivity index (χ2v) is 7.08. The van der Waals surface area contributed by atoms with E-state index in [-0.39, 0.29) is 16.5 Å². The third-order valence-electron chi connectivity index (χ3n) is 4.57. The Labute approximate surface area is 168 Å². The second kappa shape index (κ2) is 8.71. The van der Waals surface area contributed by atoms with Crippen molar-refractivity contribution in [2.45, 2.75) is 32.6 Å². The van der Waals surface area contributed by atoms with Gasteiger partial charge in [-0.3, -0.25) is 0 Å². The van der Waals surface area contributed by atoms with Crippen molar-refractivity contribution in [3.05, 3.63) is 68.7 Å². The lowest BCUT2D eigenvalue weighted by atomic mass is 10.0. The molecule has 5 heteroatoms. The van der Waals surface area contributed by atoms with Crippen LogP contribution in [0.3, 0.4) is 0 Å². The molecule has 0 spiro atoms. The lowest BCUT2D eigenvalue weighted by Crippen LogP contribution is -1.91. The Balaban J connectivity index is 1.87. The van der Waals surface area contributed by atoms with Gasteiger partial charge in [-0.25, -0.2) is 8.78 Å². The van der Waals surface area contributed by atoms with Crippen LogP contribution in [0.25, 0.3) is 18.2 Å². The minimum atomic E-state index is -0.600. The Kier molecular flexibility index (Phi) is 6.33. The van der Waals surface area contributed by atoms with Gasteiger partial charge in [-0.05, 0) is 54.7 Å². The average Bonchev–Trinajstić information content (AvgIpc) is 3.06. The maximum Gasteiger partial charge on any atom is 0.151 e. The van der Waals surface area contributed by atoms with Gasteiger partial charge in [-0.2, -0.15) is 4.99 Å². The van der Waals surface area contributed by atoms with Crippen LogP contribution in [0.15, 0.2) is 34.8 Å². The first-order valence-corrected chi connectivity index (χ1v) is 9.58. The van der Waals surface area contributed by atoms with Crippen molar-refractivity contribution in [3.63, 3.8) is 0 Å². The fourth-order valence-corrected chi connectivity index (χ4v) is 3.52. The van der Waals surface area contributed by atoms with Crippen molar-refractivity contribution in [2.75, 3.05) is 0 Å². The zero-order chi connectivity index (χ0) is 19.4. The maximum absolute atomic E-state index is 14.9. The average molecular weight is 402 g/mol. The van der Waals surface area contributed by atoms with Crippen molar-refractivity contribution in [1.29, 1.82) is 0 Å². The van der Waals surface area contributed by atoms with Gasteiger partial charge in [0.25, 0.3) is 0 Å². The molecule has 2 aromatic rings. The highest BCUT2D eigenvalue weighted by Gasteiger charge is 2.17. The first-order chi connectivity index (χ1) is 13.0. The number of aliphatic imine (C=N–C) groups is 1. The minimum absolute atomic E-state index is 0.0442. The molecule has 0 radical (unpaired) electrons. The number of rotatable bonds is 6. The molecule has 1 aliphatic carbocycles. The predicted octanol–water partition coefficient (Wildman–Crippen LogP) is 7.65. The normalized spacial score (nSPS) is 12.8. The number of hydrogen-bond acceptors (Lipinski definition) is 2. The number of fused-ring (bicyclic) bond motifs is 1. The molecule has 1 aliphatic rings. The van der Waals surface area contributed by atoms with Gasteiger partial charge in [0.2, 0.25) is 0 Å². The Morgan fingerprint density at radius 3 is 2.78 bits per heavy atom. The SMILES string of the molecule is CCCCC1=Cc2c(ccc(/C=C/c3cc(F)c(N=C=S)c(Cl)c3)c2F)C1. The van der Waals surface area contributed by atoms with Crippen molar-refractivity contribution in [3.8, 4) is 0 Å². The molecule has 0 unspecified atom stereocenters. The summed E-state index contributed by atoms with van der Waals surface area (Å²) in [6.07, 6.45) is 9.28. The van der Waals surface area contributed by atoms with Crippen LogP contribution in [0.1, 0.15) is 48.4 Å². The quantitative estimate of drug-likeness (QED) is 0.275. The third kappa shape index (κ3) is 4.41. The second-order valence-electron chi connectivity index (χ2n) is 6.49. The minimum Gasteiger partial charge on any atom is -0.206 e.